The van der Waals surface area contributed by atoms with E-state index < -0.39 is 5.76 Å². The number of carbonyl (C=O) groups excluding carboxylic acids is 1. The van der Waals surface area contributed by atoms with Gasteiger partial charge in [-0.2, -0.15) is 0 Å². The molecule has 1 heterocycles. The number of carbonyl (C=O) groups is 1. The third-order valence-corrected chi connectivity index (χ3v) is 3.68. The van der Waals surface area contributed by atoms with Gasteiger partial charge in [-0.1, -0.05) is 17.7 Å². The summed E-state index contributed by atoms with van der Waals surface area (Å²) in [6.45, 7) is 3.96. The average Bonchev–Trinajstić information content (AvgIpc) is 2.77. The lowest BCUT2D eigenvalue weighted by molar-refractivity contribution is 0.102. The van der Waals surface area contributed by atoms with E-state index in [1.807, 2.05) is 32.0 Å². The van der Waals surface area contributed by atoms with E-state index >= 15 is 0 Å². The molecule has 1 amide bonds. The molecule has 1 N–H and O–H groups in total. The van der Waals surface area contributed by atoms with E-state index in [9.17, 15) is 9.59 Å². The molecule has 3 rings (SSSR count). The van der Waals surface area contributed by atoms with Crippen molar-refractivity contribution in [2.24, 2.45) is 7.05 Å². The fourth-order valence-corrected chi connectivity index (χ4v) is 2.42. The van der Waals surface area contributed by atoms with Crippen molar-refractivity contribution in [1.29, 1.82) is 0 Å². The van der Waals surface area contributed by atoms with Gasteiger partial charge in [-0.25, -0.2) is 4.79 Å². The maximum Gasteiger partial charge on any atom is 0.419 e. The average molecular weight is 296 g/mol. The van der Waals surface area contributed by atoms with Gasteiger partial charge in [0.1, 0.15) is 0 Å². The summed E-state index contributed by atoms with van der Waals surface area (Å²) in [6.07, 6.45) is 0. The smallest absolute Gasteiger partial charge is 0.408 e. The van der Waals surface area contributed by atoms with Crippen LogP contribution in [0.25, 0.3) is 11.1 Å². The normalized spacial score (nSPS) is 10.9. The number of amides is 1. The van der Waals surface area contributed by atoms with E-state index in [1.54, 1.807) is 25.2 Å². The summed E-state index contributed by atoms with van der Waals surface area (Å²) >= 11 is 0. The molecule has 0 atom stereocenters. The van der Waals surface area contributed by atoms with Crippen LogP contribution in [0, 0.1) is 13.8 Å². The second-order valence-corrected chi connectivity index (χ2v) is 5.38. The van der Waals surface area contributed by atoms with Crippen LogP contribution in [-0.2, 0) is 7.05 Å². The number of hydrogen-bond donors (Lipinski definition) is 1. The number of benzene rings is 2. The van der Waals surface area contributed by atoms with Crippen molar-refractivity contribution in [3.63, 3.8) is 0 Å². The summed E-state index contributed by atoms with van der Waals surface area (Å²) in [5.41, 5.74) is 4.46. The van der Waals surface area contributed by atoms with Crippen molar-refractivity contribution in [2.45, 2.75) is 13.8 Å². The van der Waals surface area contributed by atoms with Gasteiger partial charge in [-0.05, 0) is 43.7 Å². The molecule has 0 aliphatic carbocycles. The lowest BCUT2D eigenvalue weighted by atomic mass is 10.1. The van der Waals surface area contributed by atoms with Gasteiger partial charge in [0.15, 0.2) is 5.58 Å². The molecule has 1 aromatic heterocycles. The third-order valence-electron chi connectivity index (χ3n) is 3.68. The number of aryl methyl sites for hydroxylation is 3. The number of nitrogens with one attached hydrogen (secondary N) is 1. The molecule has 112 valence electrons. The van der Waals surface area contributed by atoms with Gasteiger partial charge in [-0.3, -0.25) is 9.36 Å². The molecule has 0 saturated carbocycles. The zero-order valence-electron chi connectivity index (χ0n) is 12.6. The van der Waals surface area contributed by atoms with E-state index in [4.69, 9.17) is 4.42 Å². The first-order valence-corrected chi connectivity index (χ1v) is 6.94. The van der Waals surface area contributed by atoms with Gasteiger partial charge >= 0.3 is 5.76 Å². The Morgan fingerprint density at radius 3 is 2.64 bits per heavy atom. The second kappa shape index (κ2) is 5.18. The van der Waals surface area contributed by atoms with Gasteiger partial charge in [0.05, 0.1) is 5.52 Å². The van der Waals surface area contributed by atoms with Gasteiger partial charge in [0.25, 0.3) is 5.91 Å². The Balaban J connectivity index is 1.95. The number of nitrogens with zero attached hydrogens (tertiary/aromatic N) is 1. The molecule has 0 saturated heterocycles. The summed E-state index contributed by atoms with van der Waals surface area (Å²) in [7, 11) is 1.61. The molecule has 0 radical (unpaired) electrons. The van der Waals surface area contributed by atoms with Crippen molar-refractivity contribution < 1.29 is 9.21 Å². The maximum atomic E-state index is 12.4. The van der Waals surface area contributed by atoms with Crippen LogP contribution in [0.2, 0.25) is 0 Å². The molecule has 22 heavy (non-hydrogen) atoms. The Morgan fingerprint density at radius 1 is 1.14 bits per heavy atom. The van der Waals surface area contributed by atoms with Crippen LogP contribution < -0.4 is 11.1 Å². The summed E-state index contributed by atoms with van der Waals surface area (Å²) in [6, 6.07) is 10.8. The molecular formula is C17H16N2O3. The Morgan fingerprint density at radius 2 is 1.91 bits per heavy atom. The number of anilines is 1. The van der Waals surface area contributed by atoms with Crippen molar-refractivity contribution in [2.75, 3.05) is 5.32 Å². The molecule has 0 unspecified atom stereocenters. The first-order chi connectivity index (χ1) is 10.5. The van der Waals surface area contributed by atoms with E-state index in [2.05, 4.69) is 5.32 Å². The predicted octanol–water partition coefficient (Wildman–Crippen LogP) is 3.00. The highest BCUT2D eigenvalue weighted by Crippen LogP contribution is 2.19. The molecule has 0 aliphatic rings. The third kappa shape index (κ3) is 2.41. The fraction of sp³-hybridized carbons (Fsp3) is 0.176. The Kier molecular flexibility index (Phi) is 3.33. The van der Waals surface area contributed by atoms with Gasteiger partial charge in [-0.15, -0.1) is 0 Å². The summed E-state index contributed by atoms with van der Waals surface area (Å²) in [5.74, 6) is -0.663. The fourth-order valence-electron chi connectivity index (χ4n) is 2.42. The molecular weight excluding hydrogens is 280 g/mol. The van der Waals surface area contributed by atoms with Crippen LogP contribution in [-0.4, -0.2) is 10.5 Å². The lowest BCUT2D eigenvalue weighted by Gasteiger charge is -2.09. The zero-order chi connectivity index (χ0) is 15.9. The van der Waals surface area contributed by atoms with Crippen LogP contribution in [0.3, 0.4) is 0 Å². The maximum absolute atomic E-state index is 12.4. The van der Waals surface area contributed by atoms with Crippen molar-refractivity contribution in [1.82, 2.24) is 4.57 Å². The van der Waals surface area contributed by atoms with Crippen LogP contribution in [0.15, 0.2) is 45.6 Å². The number of rotatable bonds is 2. The van der Waals surface area contributed by atoms with Crippen LogP contribution in [0.4, 0.5) is 5.69 Å². The van der Waals surface area contributed by atoms with E-state index in [1.165, 1.54) is 4.57 Å². The van der Waals surface area contributed by atoms with E-state index in [0.29, 0.717) is 16.7 Å². The highest BCUT2D eigenvalue weighted by atomic mass is 16.4. The van der Waals surface area contributed by atoms with Gasteiger partial charge in [0, 0.05) is 18.3 Å². The summed E-state index contributed by atoms with van der Waals surface area (Å²) in [4.78, 5) is 23.9. The predicted molar refractivity (Wildman–Crippen MR) is 85.3 cm³/mol. The topological polar surface area (TPSA) is 64.2 Å². The molecule has 0 fully saturated rings. The highest BCUT2D eigenvalue weighted by molar-refractivity contribution is 6.06. The molecule has 0 aliphatic heterocycles. The van der Waals surface area contributed by atoms with Crippen molar-refractivity contribution in [3.8, 4) is 0 Å². The zero-order valence-corrected chi connectivity index (χ0v) is 12.6. The Hall–Kier alpha value is -2.82. The molecule has 5 nitrogen and oxygen atoms in total. The first kappa shape index (κ1) is 14.1. The molecule has 0 bridgehead atoms. The minimum atomic E-state index is -0.443. The molecule has 0 spiro atoms. The second-order valence-electron chi connectivity index (χ2n) is 5.38. The van der Waals surface area contributed by atoms with Crippen LogP contribution in [0.1, 0.15) is 21.5 Å². The largest absolute Gasteiger partial charge is 0.419 e. The Labute approximate surface area is 127 Å². The number of aromatic nitrogens is 1. The lowest BCUT2D eigenvalue weighted by Crippen LogP contribution is -2.13. The summed E-state index contributed by atoms with van der Waals surface area (Å²) < 4.78 is 6.44. The monoisotopic (exact) mass is 296 g/mol. The molecule has 2 aromatic carbocycles. The van der Waals surface area contributed by atoms with Crippen LogP contribution >= 0.6 is 0 Å². The standard InChI is InChI=1S/C17H16N2O3/c1-10-4-6-13(11(2)8-10)18-16(20)12-5-7-15-14(9-12)19(3)17(21)22-15/h4-9H,1-3H3,(H,18,20). The van der Waals surface area contributed by atoms with Gasteiger partial charge in [0.2, 0.25) is 0 Å². The first-order valence-electron chi connectivity index (χ1n) is 6.94. The SMILES string of the molecule is Cc1ccc(NC(=O)c2ccc3oc(=O)n(C)c3c2)c(C)c1. The minimum absolute atomic E-state index is 0.220. The van der Waals surface area contributed by atoms with Crippen LogP contribution in [0.5, 0.6) is 0 Å². The Bertz CT molecular complexity index is 935. The molecule has 3 aromatic rings. The minimum Gasteiger partial charge on any atom is -0.408 e. The molecule has 5 heteroatoms. The van der Waals surface area contributed by atoms with E-state index in [0.717, 1.165) is 16.8 Å². The number of oxazole rings is 1. The number of hydrogen-bond acceptors (Lipinski definition) is 3. The quantitative estimate of drug-likeness (QED) is 0.790. The summed E-state index contributed by atoms with van der Waals surface area (Å²) in [5, 5.41) is 2.89. The van der Waals surface area contributed by atoms with Crippen molar-refractivity contribution in [3.05, 3.63) is 63.6 Å². The van der Waals surface area contributed by atoms with Crippen molar-refractivity contribution >= 4 is 22.7 Å². The van der Waals surface area contributed by atoms with Gasteiger partial charge < -0.3 is 9.73 Å². The van der Waals surface area contributed by atoms with E-state index in [-0.39, 0.29) is 5.91 Å². The number of fused-ring (bicyclic) bond motifs is 1. The highest BCUT2D eigenvalue weighted by Gasteiger charge is 2.12.